The highest BCUT2D eigenvalue weighted by atomic mass is 16.3. The lowest BCUT2D eigenvalue weighted by atomic mass is 9.89. The molecule has 0 aliphatic carbocycles. The average molecular weight is 185 g/mol. The lowest BCUT2D eigenvalue weighted by molar-refractivity contribution is -0.127. The Morgan fingerprint density at radius 2 is 2.31 bits per heavy atom. The molecule has 1 saturated heterocycles. The minimum Gasteiger partial charge on any atom is -0.393 e. The van der Waals surface area contributed by atoms with Crippen molar-refractivity contribution in [1.29, 1.82) is 0 Å². The highest BCUT2D eigenvalue weighted by Crippen LogP contribution is 2.20. The smallest absolute Gasteiger partial charge is 0.223 e. The summed E-state index contributed by atoms with van der Waals surface area (Å²) in [5, 5.41) is 12.4. The third-order valence-electron chi connectivity index (χ3n) is 2.69. The zero-order chi connectivity index (χ0) is 9.84. The predicted molar refractivity (Wildman–Crippen MR) is 51.2 cm³/mol. The molecule has 3 nitrogen and oxygen atoms in total. The summed E-state index contributed by atoms with van der Waals surface area (Å²) in [7, 11) is 0. The van der Waals surface area contributed by atoms with E-state index in [1.165, 1.54) is 0 Å². The van der Waals surface area contributed by atoms with Gasteiger partial charge < -0.3 is 10.4 Å². The van der Waals surface area contributed by atoms with Crippen LogP contribution >= 0.6 is 0 Å². The van der Waals surface area contributed by atoms with Crippen LogP contribution in [0.1, 0.15) is 33.1 Å². The Bertz CT molecular complexity index is 180. The van der Waals surface area contributed by atoms with Gasteiger partial charge >= 0.3 is 0 Å². The molecule has 0 spiro atoms. The molecule has 3 heteroatoms. The summed E-state index contributed by atoms with van der Waals surface area (Å²) in [6.45, 7) is 4.75. The average Bonchev–Trinajstić information content (AvgIpc) is 2.08. The van der Waals surface area contributed by atoms with Gasteiger partial charge in [0.2, 0.25) is 5.91 Å². The van der Waals surface area contributed by atoms with Crippen molar-refractivity contribution in [2.45, 2.75) is 39.2 Å². The van der Waals surface area contributed by atoms with Crippen molar-refractivity contribution in [3.63, 3.8) is 0 Å². The van der Waals surface area contributed by atoms with E-state index in [-0.39, 0.29) is 23.8 Å². The highest BCUT2D eigenvalue weighted by Gasteiger charge is 2.25. The molecule has 0 aromatic carbocycles. The van der Waals surface area contributed by atoms with E-state index in [4.69, 9.17) is 0 Å². The number of aliphatic hydroxyl groups is 1. The maximum atomic E-state index is 11.3. The first kappa shape index (κ1) is 10.5. The molecule has 1 amide bonds. The van der Waals surface area contributed by atoms with Gasteiger partial charge in [0.15, 0.2) is 0 Å². The van der Waals surface area contributed by atoms with Crippen LogP contribution in [0.15, 0.2) is 0 Å². The van der Waals surface area contributed by atoms with E-state index >= 15 is 0 Å². The normalized spacial score (nSPS) is 25.8. The van der Waals surface area contributed by atoms with Gasteiger partial charge in [-0.15, -0.1) is 0 Å². The first-order valence-electron chi connectivity index (χ1n) is 5.07. The summed E-state index contributed by atoms with van der Waals surface area (Å²) < 4.78 is 0. The lowest BCUT2D eigenvalue weighted by Crippen LogP contribution is -2.38. The number of carbonyl (C=O) groups is 1. The van der Waals surface area contributed by atoms with Gasteiger partial charge in [-0.25, -0.2) is 0 Å². The largest absolute Gasteiger partial charge is 0.393 e. The quantitative estimate of drug-likeness (QED) is 0.687. The number of aliphatic hydroxyl groups excluding tert-OH is 1. The fourth-order valence-corrected chi connectivity index (χ4v) is 1.62. The van der Waals surface area contributed by atoms with E-state index in [9.17, 15) is 9.90 Å². The second-order valence-corrected chi connectivity index (χ2v) is 4.18. The van der Waals surface area contributed by atoms with Crippen LogP contribution in [0.2, 0.25) is 0 Å². The van der Waals surface area contributed by atoms with E-state index in [0.29, 0.717) is 6.42 Å². The molecule has 2 atom stereocenters. The third kappa shape index (κ3) is 2.99. The molecule has 0 aromatic rings. The molecule has 1 rings (SSSR count). The standard InChI is InChI=1S/C10H19NO2/c1-7(2)9(12)6-8-4-3-5-11-10(8)13/h7-9,12H,3-6H2,1-2H3,(H,11,13). The predicted octanol–water partition coefficient (Wildman–Crippen LogP) is 0.920. The van der Waals surface area contributed by atoms with Crippen molar-refractivity contribution >= 4 is 5.91 Å². The van der Waals surface area contributed by atoms with E-state index in [1.54, 1.807) is 0 Å². The minimum atomic E-state index is -0.339. The lowest BCUT2D eigenvalue weighted by Gasteiger charge is -2.25. The number of rotatable bonds is 3. The van der Waals surface area contributed by atoms with Gasteiger partial charge in [0, 0.05) is 12.5 Å². The minimum absolute atomic E-state index is 0.0335. The van der Waals surface area contributed by atoms with Crippen LogP contribution in [0, 0.1) is 11.8 Å². The Balaban J connectivity index is 2.38. The zero-order valence-electron chi connectivity index (χ0n) is 8.42. The second kappa shape index (κ2) is 4.61. The van der Waals surface area contributed by atoms with Crippen LogP contribution in [0.5, 0.6) is 0 Å². The molecule has 1 aliphatic heterocycles. The summed E-state index contributed by atoms with van der Waals surface area (Å²) >= 11 is 0. The Morgan fingerprint density at radius 3 is 2.85 bits per heavy atom. The Morgan fingerprint density at radius 1 is 1.62 bits per heavy atom. The van der Waals surface area contributed by atoms with Gasteiger partial charge in [-0.3, -0.25) is 4.79 Å². The molecule has 76 valence electrons. The monoisotopic (exact) mass is 185 g/mol. The zero-order valence-corrected chi connectivity index (χ0v) is 8.42. The molecule has 1 heterocycles. The number of carbonyl (C=O) groups excluding carboxylic acids is 1. The van der Waals surface area contributed by atoms with Gasteiger partial charge in [0.25, 0.3) is 0 Å². The number of amides is 1. The van der Waals surface area contributed by atoms with Crippen LogP contribution in [0.3, 0.4) is 0 Å². The van der Waals surface area contributed by atoms with Gasteiger partial charge in [-0.05, 0) is 25.2 Å². The van der Waals surface area contributed by atoms with Gasteiger partial charge in [0.1, 0.15) is 0 Å². The summed E-state index contributed by atoms with van der Waals surface area (Å²) in [4.78, 5) is 11.3. The van der Waals surface area contributed by atoms with Crippen molar-refractivity contribution in [3.05, 3.63) is 0 Å². The summed E-state index contributed by atoms with van der Waals surface area (Å²) in [5.41, 5.74) is 0. The van der Waals surface area contributed by atoms with Crippen LogP contribution in [-0.2, 0) is 4.79 Å². The van der Waals surface area contributed by atoms with Crippen LogP contribution in [-0.4, -0.2) is 23.7 Å². The first-order chi connectivity index (χ1) is 6.11. The van der Waals surface area contributed by atoms with E-state index in [1.807, 2.05) is 13.8 Å². The Kier molecular flexibility index (Phi) is 3.72. The fourth-order valence-electron chi connectivity index (χ4n) is 1.62. The summed E-state index contributed by atoms with van der Waals surface area (Å²) in [6, 6.07) is 0. The molecule has 0 aromatic heterocycles. The van der Waals surface area contributed by atoms with Crippen LogP contribution < -0.4 is 5.32 Å². The maximum Gasteiger partial charge on any atom is 0.223 e. The molecule has 2 unspecified atom stereocenters. The van der Waals surface area contributed by atoms with E-state index < -0.39 is 0 Å². The van der Waals surface area contributed by atoms with Crippen molar-refractivity contribution < 1.29 is 9.90 Å². The number of hydrogen-bond donors (Lipinski definition) is 2. The number of nitrogens with one attached hydrogen (secondary N) is 1. The van der Waals surface area contributed by atoms with Gasteiger partial charge in [0.05, 0.1) is 6.10 Å². The number of piperidine rings is 1. The molecule has 1 aliphatic rings. The molecule has 1 fully saturated rings. The summed E-state index contributed by atoms with van der Waals surface area (Å²) in [5.74, 6) is 0.395. The number of hydrogen-bond acceptors (Lipinski definition) is 2. The van der Waals surface area contributed by atoms with Gasteiger partial charge in [-0.2, -0.15) is 0 Å². The first-order valence-corrected chi connectivity index (χ1v) is 5.07. The molecule has 2 N–H and O–H groups in total. The van der Waals surface area contributed by atoms with E-state index in [2.05, 4.69) is 5.32 Å². The topological polar surface area (TPSA) is 49.3 Å². The van der Waals surface area contributed by atoms with Gasteiger partial charge in [-0.1, -0.05) is 13.8 Å². The van der Waals surface area contributed by atoms with Crippen LogP contribution in [0.4, 0.5) is 0 Å². The summed E-state index contributed by atoms with van der Waals surface area (Å²) in [6.07, 6.45) is 2.24. The van der Waals surface area contributed by atoms with Crippen LogP contribution in [0.25, 0.3) is 0 Å². The second-order valence-electron chi connectivity index (χ2n) is 4.18. The molecule has 0 saturated carbocycles. The Labute approximate surface area is 79.5 Å². The van der Waals surface area contributed by atoms with E-state index in [0.717, 1.165) is 19.4 Å². The van der Waals surface area contributed by atoms with Crippen molar-refractivity contribution in [3.8, 4) is 0 Å². The Hall–Kier alpha value is -0.570. The fraction of sp³-hybridized carbons (Fsp3) is 0.900. The van der Waals surface area contributed by atoms with Crippen molar-refractivity contribution in [2.75, 3.05) is 6.54 Å². The molecular weight excluding hydrogens is 166 g/mol. The molecule has 13 heavy (non-hydrogen) atoms. The molecular formula is C10H19NO2. The molecule has 0 bridgehead atoms. The highest BCUT2D eigenvalue weighted by molar-refractivity contribution is 5.79. The third-order valence-corrected chi connectivity index (χ3v) is 2.69. The maximum absolute atomic E-state index is 11.3. The SMILES string of the molecule is CC(C)C(O)CC1CCCNC1=O. The van der Waals surface area contributed by atoms with Crippen molar-refractivity contribution in [1.82, 2.24) is 5.32 Å². The van der Waals surface area contributed by atoms with Crippen molar-refractivity contribution in [2.24, 2.45) is 11.8 Å². The molecule has 0 radical (unpaired) electrons.